The predicted molar refractivity (Wildman–Crippen MR) is 104 cm³/mol. The lowest BCUT2D eigenvalue weighted by atomic mass is 10.2. The van der Waals surface area contributed by atoms with Crippen molar-refractivity contribution in [3.63, 3.8) is 0 Å². The zero-order valence-electron chi connectivity index (χ0n) is 14.4. The largest absolute Gasteiger partial charge is 0.496 e. The normalized spacial score (nSPS) is 22.3. The van der Waals surface area contributed by atoms with Gasteiger partial charge in [-0.3, -0.25) is 4.57 Å². The molecule has 1 fully saturated rings. The number of hydrogen-bond donors (Lipinski definition) is 3. The van der Waals surface area contributed by atoms with Gasteiger partial charge in [-0.1, -0.05) is 18.2 Å². The van der Waals surface area contributed by atoms with Gasteiger partial charge in [0.25, 0.3) is 0 Å². The van der Waals surface area contributed by atoms with Crippen molar-refractivity contribution in [2.24, 2.45) is 0 Å². The average molecular weight is 408 g/mol. The number of benzene rings is 1. The molecule has 0 radical (unpaired) electrons. The third-order valence-electron chi connectivity index (χ3n) is 4.43. The van der Waals surface area contributed by atoms with E-state index in [1.54, 1.807) is 18.0 Å². The fourth-order valence-corrected chi connectivity index (χ4v) is 4.51. The van der Waals surface area contributed by atoms with Crippen molar-refractivity contribution >= 4 is 40.3 Å². The molecule has 0 aliphatic carbocycles. The number of hydrogen-bond acceptors (Lipinski definition) is 8. The number of methoxy groups -OCH3 is 1. The molecular formula is C17H18ClN5O3S. The summed E-state index contributed by atoms with van der Waals surface area (Å²) in [6, 6.07) is 7.68. The molecule has 142 valence electrons. The van der Waals surface area contributed by atoms with Gasteiger partial charge in [0.1, 0.15) is 17.2 Å². The molecular weight excluding hydrogens is 390 g/mol. The highest BCUT2D eigenvalue weighted by atomic mass is 35.5. The molecule has 0 amide bonds. The van der Waals surface area contributed by atoms with Crippen LogP contribution in [-0.2, 0) is 6.54 Å². The number of imidazole rings is 1. The lowest BCUT2D eigenvalue weighted by Crippen LogP contribution is -2.27. The van der Waals surface area contributed by atoms with Gasteiger partial charge in [-0.15, -0.1) is 11.8 Å². The second kappa shape index (κ2) is 7.51. The smallest absolute Gasteiger partial charge is 0.226 e. The van der Waals surface area contributed by atoms with Crippen molar-refractivity contribution in [1.29, 1.82) is 0 Å². The van der Waals surface area contributed by atoms with Crippen LogP contribution in [0.5, 0.6) is 5.75 Å². The predicted octanol–water partition coefficient (Wildman–Crippen LogP) is 2.07. The minimum Gasteiger partial charge on any atom is -0.496 e. The molecule has 1 aromatic carbocycles. The molecule has 3 heterocycles. The summed E-state index contributed by atoms with van der Waals surface area (Å²) in [5.74, 6) is 1.71. The van der Waals surface area contributed by atoms with E-state index in [-0.39, 0.29) is 10.7 Å². The van der Waals surface area contributed by atoms with Gasteiger partial charge in [-0.2, -0.15) is 9.97 Å². The van der Waals surface area contributed by atoms with Crippen molar-refractivity contribution in [2.45, 2.75) is 24.1 Å². The monoisotopic (exact) mass is 407 g/mol. The summed E-state index contributed by atoms with van der Waals surface area (Å²) in [5, 5.41) is 23.0. The third-order valence-corrected chi connectivity index (χ3v) is 5.98. The maximum absolute atomic E-state index is 10.2. The molecule has 4 rings (SSSR count). The second-order valence-corrected chi connectivity index (χ2v) is 7.60. The number of nitrogens with zero attached hydrogens (tertiary/aromatic N) is 4. The van der Waals surface area contributed by atoms with Gasteiger partial charge in [0.05, 0.1) is 19.5 Å². The van der Waals surface area contributed by atoms with Crippen molar-refractivity contribution in [2.75, 3.05) is 18.2 Å². The van der Waals surface area contributed by atoms with E-state index in [1.807, 2.05) is 24.3 Å². The summed E-state index contributed by atoms with van der Waals surface area (Å²) in [5.41, 5.74) is 2.01. The van der Waals surface area contributed by atoms with Crippen LogP contribution in [0.15, 0.2) is 30.6 Å². The summed E-state index contributed by atoms with van der Waals surface area (Å²) in [4.78, 5) is 12.9. The van der Waals surface area contributed by atoms with Crippen molar-refractivity contribution in [3.05, 3.63) is 41.4 Å². The standard InChI is InChI=1S/C17H18ClN5O3S/c1-26-11-5-3-2-4-9(11)6-19-14-12-15(22-17(18)21-14)23(8-20-12)16-13(25)10(24)7-27-16/h2-5,8,10,13,16,24-25H,6-7H2,1H3,(H,19,21,22)/t10-,13-,16+/m0/s1. The number of halogens is 1. The number of para-hydroxylation sites is 1. The zero-order valence-corrected chi connectivity index (χ0v) is 16.0. The van der Waals surface area contributed by atoms with Crippen LogP contribution in [0.2, 0.25) is 5.28 Å². The molecule has 1 aliphatic rings. The fourth-order valence-electron chi connectivity index (χ4n) is 3.06. The molecule has 3 aromatic rings. The van der Waals surface area contributed by atoms with E-state index in [1.165, 1.54) is 11.8 Å². The second-order valence-electron chi connectivity index (χ2n) is 6.11. The number of aliphatic hydroxyl groups is 2. The Morgan fingerprint density at radius 3 is 2.89 bits per heavy atom. The molecule has 0 saturated carbocycles. The number of thioether (sulfide) groups is 1. The number of aliphatic hydroxyl groups excluding tert-OH is 2. The van der Waals surface area contributed by atoms with E-state index < -0.39 is 12.2 Å². The van der Waals surface area contributed by atoms with Gasteiger partial charge in [-0.05, 0) is 17.7 Å². The molecule has 0 spiro atoms. The highest BCUT2D eigenvalue weighted by molar-refractivity contribution is 7.99. The number of anilines is 1. The number of fused-ring (bicyclic) bond motifs is 1. The third kappa shape index (κ3) is 3.43. The summed E-state index contributed by atoms with van der Waals surface area (Å²) >= 11 is 7.56. The van der Waals surface area contributed by atoms with E-state index in [0.717, 1.165) is 11.3 Å². The van der Waals surface area contributed by atoms with Crippen LogP contribution >= 0.6 is 23.4 Å². The molecule has 10 heteroatoms. The van der Waals surface area contributed by atoms with Crippen LogP contribution in [0.25, 0.3) is 11.2 Å². The van der Waals surface area contributed by atoms with E-state index in [9.17, 15) is 10.2 Å². The molecule has 27 heavy (non-hydrogen) atoms. The van der Waals surface area contributed by atoms with Crippen LogP contribution < -0.4 is 10.1 Å². The van der Waals surface area contributed by atoms with Gasteiger partial charge in [0.15, 0.2) is 17.0 Å². The summed E-state index contributed by atoms with van der Waals surface area (Å²) in [6.07, 6.45) is -0.0906. The zero-order chi connectivity index (χ0) is 19.0. The Hall–Kier alpha value is -2.07. The van der Waals surface area contributed by atoms with E-state index >= 15 is 0 Å². The molecule has 8 nitrogen and oxygen atoms in total. The molecule has 3 N–H and O–H groups in total. The van der Waals surface area contributed by atoms with Crippen LogP contribution in [-0.4, -0.2) is 54.8 Å². The molecule has 3 atom stereocenters. The Bertz CT molecular complexity index is 969. The Labute approximate surface area is 164 Å². The summed E-state index contributed by atoms with van der Waals surface area (Å²) < 4.78 is 7.09. The topological polar surface area (TPSA) is 105 Å². The van der Waals surface area contributed by atoms with Crippen molar-refractivity contribution < 1.29 is 14.9 Å². The van der Waals surface area contributed by atoms with Crippen molar-refractivity contribution in [1.82, 2.24) is 19.5 Å². The minimum atomic E-state index is -0.897. The van der Waals surface area contributed by atoms with Crippen LogP contribution in [0.1, 0.15) is 10.9 Å². The average Bonchev–Trinajstić information content (AvgIpc) is 3.23. The highest BCUT2D eigenvalue weighted by Crippen LogP contribution is 2.38. The van der Waals surface area contributed by atoms with E-state index in [0.29, 0.717) is 29.3 Å². The van der Waals surface area contributed by atoms with Gasteiger partial charge < -0.3 is 20.3 Å². The van der Waals surface area contributed by atoms with Gasteiger partial charge in [0.2, 0.25) is 5.28 Å². The summed E-state index contributed by atoms with van der Waals surface area (Å²) in [6.45, 7) is 0.471. The van der Waals surface area contributed by atoms with Gasteiger partial charge in [0, 0.05) is 17.9 Å². The van der Waals surface area contributed by atoms with E-state index in [2.05, 4.69) is 20.3 Å². The lowest BCUT2D eigenvalue weighted by Gasteiger charge is -2.17. The SMILES string of the molecule is COc1ccccc1CNc1nc(Cl)nc2c1ncn2[C@@H]1SC[C@H](O)[C@@H]1O. The van der Waals surface area contributed by atoms with Crippen LogP contribution in [0, 0.1) is 0 Å². The molecule has 1 aliphatic heterocycles. The fraction of sp³-hybridized carbons (Fsp3) is 0.353. The lowest BCUT2D eigenvalue weighted by molar-refractivity contribution is 0.0313. The first-order valence-corrected chi connectivity index (χ1v) is 9.74. The van der Waals surface area contributed by atoms with Gasteiger partial charge >= 0.3 is 0 Å². The number of nitrogens with one attached hydrogen (secondary N) is 1. The van der Waals surface area contributed by atoms with Crippen LogP contribution in [0.4, 0.5) is 5.82 Å². The number of rotatable bonds is 5. The minimum absolute atomic E-state index is 0.0739. The molecule has 2 aromatic heterocycles. The quantitative estimate of drug-likeness (QED) is 0.552. The Balaban J connectivity index is 1.66. The van der Waals surface area contributed by atoms with Crippen LogP contribution in [0.3, 0.4) is 0 Å². The first kappa shape index (κ1) is 18.3. The Morgan fingerprint density at radius 1 is 1.33 bits per heavy atom. The first-order valence-electron chi connectivity index (χ1n) is 8.32. The molecule has 0 unspecified atom stereocenters. The maximum atomic E-state index is 10.2. The number of ether oxygens (including phenoxy) is 1. The molecule has 1 saturated heterocycles. The first-order chi connectivity index (χ1) is 13.1. The van der Waals surface area contributed by atoms with Gasteiger partial charge in [-0.25, -0.2) is 4.98 Å². The Kier molecular flexibility index (Phi) is 5.09. The molecule has 0 bridgehead atoms. The summed E-state index contributed by atoms with van der Waals surface area (Å²) in [7, 11) is 1.62. The van der Waals surface area contributed by atoms with Crippen molar-refractivity contribution in [3.8, 4) is 5.75 Å². The van der Waals surface area contributed by atoms with E-state index in [4.69, 9.17) is 16.3 Å². The Morgan fingerprint density at radius 2 is 2.15 bits per heavy atom. The highest BCUT2D eigenvalue weighted by Gasteiger charge is 2.36. The number of aromatic nitrogens is 4. The maximum Gasteiger partial charge on any atom is 0.226 e.